The first-order chi connectivity index (χ1) is 12.9. The molecular weight excluding hydrogens is 362 g/mol. The number of nitrogens with one attached hydrogen (secondary N) is 1. The summed E-state index contributed by atoms with van der Waals surface area (Å²) in [6.07, 6.45) is 1.40. The Hall–Kier alpha value is -3.16. The highest BCUT2D eigenvalue weighted by Gasteiger charge is 2.12. The van der Waals surface area contributed by atoms with Gasteiger partial charge in [0, 0.05) is 18.0 Å². The summed E-state index contributed by atoms with van der Waals surface area (Å²) in [5.74, 6) is -3.11. The number of halogens is 4. The third kappa shape index (κ3) is 4.33. The van der Waals surface area contributed by atoms with Crippen LogP contribution in [0.25, 0.3) is 0 Å². The minimum Gasteiger partial charge on any atom is -0.325 e. The molecule has 27 heavy (non-hydrogen) atoms. The molecule has 4 nitrogen and oxygen atoms in total. The lowest BCUT2D eigenvalue weighted by atomic mass is 10.1. The molecule has 0 radical (unpaired) electrons. The van der Waals surface area contributed by atoms with E-state index in [-0.39, 0.29) is 18.1 Å². The molecule has 0 saturated carbocycles. The SMILES string of the molecule is CCc1cc(F)ccc1Nc1nc(=O)c(F)cn1Cc1cc(F)cc(F)c1. The average Bonchev–Trinajstić information content (AvgIpc) is 2.59. The van der Waals surface area contributed by atoms with Crippen LogP contribution >= 0.6 is 0 Å². The highest BCUT2D eigenvalue weighted by molar-refractivity contribution is 5.58. The predicted octanol–water partition coefficient (Wildman–Crippen LogP) is 4.15. The van der Waals surface area contributed by atoms with E-state index < -0.39 is 28.8 Å². The van der Waals surface area contributed by atoms with E-state index in [9.17, 15) is 22.4 Å². The first-order valence-electron chi connectivity index (χ1n) is 8.13. The summed E-state index contributed by atoms with van der Waals surface area (Å²) in [6.45, 7) is 1.69. The van der Waals surface area contributed by atoms with E-state index in [2.05, 4.69) is 10.3 Å². The molecule has 0 aliphatic carbocycles. The summed E-state index contributed by atoms with van der Waals surface area (Å²) in [5, 5.41) is 2.87. The van der Waals surface area contributed by atoms with Crippen LogP contribution in [-0.4, -0.2) is 9.55 Å². The van der Waals surface area contributed by atoms with Crippen molar-refractivity contribution in [3.63, 3.8) is 0 Å². The van der Waals surface area contributed by atoms with Gasteiger partial charge in [0.05, 0.1) is 6.54 Å². The molecule has 1 N–H and O–H groups in total. The molecule has 0 atom stereocenters. The Balaban J connectivity index is 2.02. The van der Waals surface area contributed by atoms with Gasteiger partial charge in [-0.05, 0) is 47.9 Å². The van der Waals surface area contributed by atoms with E-state index >= 15 is 0 Å². The lowest BCUT2D eigenvalue weighted by Crippen LogP contribution is -2.20. The van der Waals surface area contributed by atoms with Crippen molar-refractivity contribution in [2.24, 2.45) is 0 Å². The number of nitrogens with zero attached hydrogens (tertiary/aromatic N) is 2. The lowest BCUT2D eigenvalue weighted by Gasteiger charge is -2.16. The van der Waals surface area contributed by atoms with Gasteiger partial charge in [0.25, 0.3) is 0 Å². The number of aryl methyl sites for hydroxylation is 1. The normalized spacial score (nSPS) is 10.9. The molecule has 0 amide bonds. The number of benzene rings is 2. The zero-order valence-corrected chi connectivity index (χ0v) is 14.3. The van der Waals surface area contributed by atoms with Crippen LogP contribution in [0.5, 0.6) is 0 Å². The van der Waals surface area contributed by atoms with Gasteiger partial charge in [-0.2, -0.15) is 9.37 Å². The molecule has 0 aliphatic heterocycles. The van der Waals surface area contributed by atoms with Gasteiger partial charge >= 0.3 is 5.56 Å². The maximum absolute atomic E-state index is 13.7. The van der Waals surface area contributed by atoms with E-state index in [1.54, 1.807) is 0 Å². The first kappa shape index (κ1) is 18.6. The van der Waals surface area contributed by atoms with Crippen molar-refractivity contribution in [1.29, 1.82) is 0 Å². The summed E-state index contributed by atoms with van der Waals surface area (Å²) in [5.41, 5.74) is 0.239. The molecule has 0 bridgehead atoms. The lowest BCUT2D eigenvalue weighted by molar-refractivity contribution is 0.568. The minimum atomic E-state index is -1.10. The van der Waals surface area contributed by atoms with E-state index in [0.717, 1.165) is 24.4 Å². The molecule has 0 spiro atoms. The van der Waals surface area contributed by atoms with Crippen LogP contribution < -0.4 is 10.9 Å². The van der Waals surface area contributed by atoms with Crippen LogP contribution in [0.4, 0.5) is 29.2 Å². The summed E-state index contributed by atoms with van der Waals surface area (Å²) < 4.78 is 55.2. The van der Waals surface area contributed by atoms with Crippen molar-refractivity contribution in [2.45, 2.75) is 19.9 Å². The molecule has 3 aromatic rings. The predicted molar refractivity (Wildman–Crippen MR) is 93.0 cm³/mol. The van der Waals surface area contributed by atoms with Crippen molar-refractivity contribution in [2.75, 3.05) is 5.32 Å². The second kappa shape index (κ2) is 7.61. The third-order valence-electron chi connectivity index (χ3n) is 3.92. The highest BCUT2D eigenvalue weighted by Crippen LogP contribution is 2.22. The van der Waals surface area contributed by atoms with Gasteiger partial charge in [-0.1, -0.05) is 6.92 Å². The summed E-state index contributed by atoms with van der Waals surface area (Å²) in [7, 11) is 0. The van der Waals surface area contributed by atoms with Crippen molar-refractivity contribution < 1.29 is 17.6 Å². The molecule has 1 aromatic heterocycles. The number of hydrogen-bond donors (Lipinski definition) is 1. The molecule has 0 aliphatic rings. The van der Waals surface area contributed by atoms with Gasteiger partial charge < -0.3 is 9.88 Å². The van der Waals surface area contributed by atoms with E-state index in [1.165, 1.54) is 22.8 Å². The largest absolute Gasteiger partial charge is 0.325 e. The Kier molecular flexibility index (Phi) is 5.25. The Morgan fingerprint density at radius 2 is 1.70 bits per heavy atom. The fraction of sp³-hybridized carbons (Fsp3) is 0.158. The smallest absolute Gasteiger partial charge is 0.310 e. The zero-order chi connectivity index (χ0) is 19.6. The molecule has 8 heteroatoms. The van der Waals surface area contributed by atoms with Crippen molar-refractivity contribution in [1.82, 2.24) is 9.55 Å². The number of rotatable bonds is 5. The van der Waals surface area contributed by atoms with Gasteiger partial charge in [-0.15, -0.1) is 0 Å². The Bertz CT molecular complexity index is 1030. The number of aromatic nitrogens is 2. The molecule has 1 heterocycles. The minimum absolute atomic E-state index is 0.0348. The number of anilines is 2. The van der Waals surface area contributed by atoms with E-state index in [4.69, 9.17) is 0 Å². The highest BCUT2D eigenvalue weighted by atomic mass is 19.1. The van der Waals surface area contributed by atoms with Crippen LogP contribution in [0.15, 0.2) is 47.4 Å². The van der Waals surface area contributed by atoms with Crippen molar-refractivity contribution in [3.05, 3.63) is 87.3 Å². The zero-order valence-electron chi connectivity index (χ0n) is 14.3. The molecule has 140 valence electrons. The van der Waals surface area contributed by atoms with Crippen molar-refractivity contribution >= 4 is 11.6 Å². The van der Waals surface area contributed by atoms with Crippen LogP contribution in [0.1, 0.15) is 18.1 Å². The van der Waals surface area contributed by atoms with Gasteiger partial charge in [0.1, 0.15) is 17.5 Å². The molecule has 0 saturated heterocycles. The van der Waals surface area contributed by atoms with Gasteiger partial charge in [-0.25, -0.2) is 13.2 Å². The Morgan fingerprint density at radius 3 is 2.37 bits per heavy atom. The fourth-order valence-corrected chi connectivity index (χ4v) is 2.68. The van der Waals surface area contributed by atoms with Gasteiger partial charge in [0.15, 0.2) is 0 Å². The van der Waals surface area contributed by atoms with E-state index in [0.29, 0.717) is 17.7 Å². The molecule has 2 aromatic carbocycles. The number of hydrogen-bond acceptors (Lipinski definition) is 3. The Labute approximate surface area is 152 Å². The Morgan fingerprint density at radius 1 is 1.00 bits per heavy atom. The maximum atomic E-state index is 13.7. The van der Waals surface area contributed by atoms with E-state index in [1.807, 2.05) is 6.92 Å². The van der Waals surface area contributed by atoms with Crippen molar-refractivity contribution in [3.8, 4) is 0 Å². The standard InChI is InChI=1S/C19H15F4N3O/c1-2-12-7-13(20)3-4-17(12)24-19-25-18(27)16(23)10-26(19)9-11-5-14(21)8-15(22)6-11/h3-8,10H,2,9H2,1H3,(H,24,25,27). The fourth-order valence-electron chi connectivity index (χ4n) is 2.68. The summed E-state index contributed by atoms with van der Waals surface area (Å²) >= 11 is 0. The maximum Gasteiger partial charge on any atom is 0.310 e. The summed E-state index contributed by atoms with van der Waals surface area (Å²) in [6, 6.07) is 6.94. The molecule has 3 rings (SSSR count). The van der Waals surface area contributed by atoms with Gasteiger partial charge in [0.2, 0.25) is 11.8 Å². The molecule has 0 unspecified atom stereocenters. The second-order valence-electron chi connectivity index (χ2n) is 5.90. The van der Waals surface area contributed by atoms with Crippen LogP contribution in [0.2, 0.25) is 0 Å². The average molecular weight is 377 g/mol. The van der Waals surface area contributed by atoms with Crippen LogP contribution in [0, 0.1) is 23.3 Å². The first-order valence-corrected chi connectivity index (χ1v) is 8.13. The summed E-state index contributed by atoms with van der Waals surface area (Å²) in [4.78, 5) is 15.3. The third-order valence-corrected chi connectivity index (χ3v) is 3.92. The molecule has 0 fully saturated rings. The second-order valence-corrected chi connectivity index (χ2v) is 5.90. The topological polar surface area (TPSA) is 46.9 Å². The van der Waals surface area contributed by atoms with Crippen LogP contribution in [-0.2, 0) is 13.0 Å². The van der Waals surface area contributed by atoms with Gasteiger partial charge in [-0.3, -0.25) is 4.79 Å². The van der Waals surface area contributed by atoms with Crippen LogP contribution in [0.3, 0.4) is 0 Å². The monoisotopic (exact) mass is 377 g/mol. The molecular formula is C19H15F4N3O. The quantitative estimate of drug-likeness (QED) is 0.680.